The topological polar surface area (TPSA) is 75.4 Å². The van der Waals surface area contributed by atoms with Crippen LogP contribution >= 0.6 is 0 Å². The first kappa shape index (κ1) is 14.2. The first-order valence-electron chi connectivity index (χ1n) is 7.91. The van der Waals surface area contributed by atoms with Crippen LogP contribution in [0.2, 0.25) is 0 Å². The van der Waals surface area contributed by atoms with E-state index in [1.54, 1.807) is 4.90 Å². The van der Waals surface area contributed by atoms with Crippen molar-refractivity contribution in [2.75, 3.05) is 0 Å². The number of hydrogen-bond donors (Lipinski definition) is 2. The average Bonchev–Trinajstić information content (AvgIpc) is 3.01. The van der Waals surface area contributed by atoms with E-state index in [0.29, 0.717) is 19.4 Å². The molecule has 23 heavy (non-hydrogen) atoms. The molecule has 5 heteroatoms. The van der Waals surface area contributed by atoms with Crippen molar-refractivity contribution >= 4 is 11.9 Å². The van der Waals surface area contributed by atoms with Crippen LogP contribution in [0.4, 0.5) is 4.79 Å². The molecule has 2 aliphatic carbocycles. The summed E-state index contributed by atoms with van der Waals surface area (Å²) in [4.78, 5) is 26.6. The highest BCUT2D eigenvalue weighted by Crippen LogP contribution is 2.46. The molecule has 0 radical (unpaired) electrons. The molecule has 5 nitrogen and oxygen atoms in total. The highest BCUT2D eigenvalue weighted by Gasteiger charge is 2.56. The molecule has 2 fully saturated rings. The molecule has 1 spiro atoms. The van der Waals surface area contributed by atoms with Gasteiger partial charge in [0, 0.05) is 25.4 Å². The molecule has 118 valence electrons. The van der Waals surface area contributed by atoms with Crippen molar-refractivity contribution in [1.82, 2.24) is 10.2 Å². The van der Waals surface area contributed by atoms with Gasteiger partial charge in [-0.25, -0.2) is 4.79 Å². The summed E-state index contributed by atoms with van der Waals surface area (Å²) in [6.07, 6.45) is 6.09. The van der Waals surface area contributed by atoms with Gasteiger partial charge in [0.25, 0.3) is 5.91 Å². The van der Waals surface area contributed by atoms with Crippen LogP contribution in [-0.4, -0.2) is 28.4 Å². The molecule has 0 aromatic heterocycles. The fraction of sp³-hybridized carbons (Fsp3) is 0.333. The number of amides is 3. The van der Waals surface area contributed by atoms with Crippen molar-refractivity contribution < 1.29 is 9.59 Å². The number of fused-ring (bicyclic) bond motifs is 1. The van der Waals surface area contributed by atoms with E-state index in [-0.39, 0.29) is 18.0 Å². The Bertz CT molecular complexity index is 738. The number of hydrogen-bond acceptors (Lipinski definition) is 3. The van der Waals surface area contributed by atoms with Crippen LogP contribution in [0.5, 0.6) is 0 Å². The van der Waals surface area contributed by atoms with E-state index >= 15 is 0 Å². The van der Waals surface area contributed by atoms with Gasteiger partial charge in [-0.05, 0) is 23.1 Å². The summed E-state index contributed by atoms with van der Waals surface area (Å²) < 4.78 is 0. The zero-order valence-electron chi connectivity index (χ0n) is 12.8. The molecule has 2 unspecified atom stereocenters. The van der Waals surface area contributed by atoms with Gasteiger partial charge in [-0.1, -0.05) is 42.5 Å². The van der Waals surface area contributed by atoms with Crippen LogP contribution in [-0.2, 0) is 11.3 Å². The van der Waals surface area contributed by atoms with Crippen molar-refractivity contribution in [2.24, 2.45) is 5.73 Å². The third-order valence-electron chi connectivity index (χ3n) is 5.02. The second kappa shape index (κ2) is 5.06. The maximum Gasteiger partial charge on any atom is 0.325 e. The van der Waals surface area contributed by atoms with Gasteiger partial charge >= 0.3 is 6.03 Å². The molecular formula is C18H19N3O2. The van der Waals surface area contributed by atoms with Crippen LogP contribution in [0.1, 0.15) is 24.8 Å². The van der Waals surface area contributed by atoms with Crippen molar-refractivity contribution in [3.8, 4) is 0 Å². The standard InChI is InChI=1S/C18H19N3O2/c19-15-7-6-13-9-18(10-14(13)8-15)16(22)20-17(23)21(18)11-12-4-2-1-3-5-12/h1-6,8,15H,7,9-11,19H2,(H,20,22,23). The van der Waals surface area contributed by atoms with Gasteiger partial charge in [0.15, 0.2) is 0 Å². The SMILES string of the molecule is NC1C=C2CC3(CC2=CC1)C(=O)NC(=O)N3Cc1ccccc1. The average molecular weight is 309 g/mol. The smallest absolute Gasteiger partial charge is 0.324 e. The van der Waals surface area contributed by atoms with E-state index in [0.717, 1.165) is 23.1 Å². The third kappa shape index (κ3) is 2.19. The minimum absolute atomic E-state index is 0.00615. The lowest BCUT2D eigenvalue weighted by atomic mass is 9.94. The predicted octanol–water partition coefficient (Wildman–Crippen LogP) is 1.85. The number of nitrogens with one attached hydrogen (secondary N) is 1. The van der Waals surface area contributed by atoms with Crippen LogP contribution in [0.15, 0.2) is 53.6 Å². The molecule has 1 saturated heterocycles. The number of carbonyl (C=O) groups is 2. The van der Waals surface area contributed by atoms with Gasteiger partial charge < -0.3 is 10.6 Å². The first-order chi connectivity index (χ1) is 11.1. The Hall–Kier alpha value is -2.40. The van der Waals surface area contributed by atoms with Crippen LogP contribution in [0, 0.1) is 0 Å². The molecule has 0 bridgehead atoms. The van der Waals surface area contributed by atoms with Crippen LogP contribution in [0.3, 0.4) is 0 Å². The number of benzene rings is 1. The summed E-state index contributed by atoms with van der Waals surface area (Å²) in [5, 5.41) is 2.50. The Labute approximate surface area is 134 Å². The number of nitrogens with zero attached hydrogens (tertiary/aromatic N) is 1. The maximum absolute atomic E-state index is 12.6. The summed E-state index contributed by atoms with van der Waals surface area (Å²) in [7, 11) is 0. The molecule has 3 N–H and O–H groups in total. The molecular weight excluding hydrogens is 290 g/mol. The van der Waals surface area contributed by atoms with Gasteiger partial charge in [0.05, 0.1) is 0 Å². The van der Waals surface area contributed by atoms with Crippen LogP contribution in [0.25, 0.3) is 0 Å². The number of imide groups is 1. The summed E-state index contributed by atoms with van der Waals surface area (Å²) in [6.45, 7) is 0.436. The van der Waals surface area contributed by atoms with E-state index < -0.39 is 5.54 Å². The van der Waals surface area contributed by atoms with E-state index in [4.69, 9.17) is 5.73 Å². The van der Waals surface area contributed by atoms with Gasteiger partial charge in [-0.15, -0.1) is 0 Å². The summed E-state index contributed by atoms with van der Waals surface area (Å²) >= 11 is 0. The Morgan fingerprint density at radius 2 is 1.91 bits per heavy atom. The zero-order chi connectivity index (χ0) is 16.0. The summed E-state index contributed by atoms with van der Waals surface area (Å²) in [6, 6.07) is 9.47. The van der Waals surface area contributed by atoms with E-state index in [1.807, 2.05) is 36.4 Å². The maximum atomic E-state index is 12.6. The molecule has 2 atom stereocenters. The summed E-state index contributed by atoms with van der Waals surface area (Å²) in [5.41, 5.74) is 8.50. The lowest BCUT2D eigenvalue weighted by Gasteiger charge is -2.31. The van der Waals surface area contributed by atoms with Crippen molar-refractivity contribution in [1.29, 1.82) is 0 Å². The Morgan fingerprint density at radius 3 is 2.70 bits per heavy atom. The molecule has 1 aromatic carbocycles. The highest BCUT2D eigenvalue weighted by molar-refractivity contribution is 6.08. The largest absolute Gasteiger partial charge is 0.325 e. The van der Waals surface area contributed by atoms with Gasteiger partial charge in [-0.2, -0.15) is 0 Å². The second-order valence-electron chi connectivity index (χ2n) is 6.54. The van der Waals surface area contributed by atoms with Gasteiger partial charge in [0.2, 0.25) is 0 Å². The molecule has 1 heterocycles. The Morgan fingerprint density at radius 1 is 1.17 bits per heavy atom. The fourth-order valence-electron chi connectivity index (χ4n) is 3.83. The van der Waals surface area contributed by atoms with Crippen molar-refractivity contribution in [3.05, 3.63) is 59.2 Å². The normalized spacial score (nSPS) is 29.4. The van der Waals surface area contributed by atoms with Crippen molar-refractivity contribution in [3.63, 3.8) is 0 Å². The number of rotatable bonds is 2. The number of nitrogens with two attached hydrogens (primary N) is 1. The van der Waals surface area contributed by atoms with E-state index in [1.165, 1.54) is 0 Å². The lowest BCUT2D eigenvalue weighted by molar-refractivity contribution is -0.126. The van der Waals surface area contributed by atoms with Gasteiger partial charge in [-0.3, -0.25) is 10.1 Å². The minimum atomic E-state index is -0.797. The number of urea groups is 1. The molecule has 1 aliphatic heterocycles. The van der Waals surface area contributed by atoms with Gasteiger partial charge in [0.1, 0.15) is 5.54 Å². The van der Waals surface area contributed by atoms with E-state index in [2.05, 4.69) is 11.4 Å². The Balaban J connectivity index is 1.69. The second-order valence-corrected chi connectivity index (χ2v) is 6.54. The minimum Gasteiger partial charge on any atom is -0.324 e. The molecule has 4 rings (SSSR count). The highest BCUT2D eigenvalue weighted by atomic mass is 16.2. The molecule has 1 aromatic rings. The van der Waals surface area contributed by atoms with Crippen LogP contribution < -0.4 is 11.1 Å². The predicted molar refractivity (Wildman–Crippen MR) is 86.2 cm³/mol. The lowest BCUT2D eigenvalue weighted by Crippen LogP contribution is -2.47. The molecule has 3 aliphatic rings. The first-order valence-corrected chi connectivity index (χ1v) is 7.91. The van der Waals surface area contributed by atoms with E-state index in [9.17, 15) is 9.59 Å². The van der Waals surface area contributed by atoms with Crippen molar-refractivity contribution in [2.45, 2.75) is 37.4 Å². The fourth-order valence-corrected chi connectivity index (χ4v) is 3.83. The summed E-state index contributed by atoms with van der Waals surface area (Å²) in [5.74, 6) is -0.191. The zero-order valence-corrected chi connectivity index (χ0v) is 12.8. The number of carbonyl (C=O) groups excluding carboxylic acids is 2. The Kier molecular flexibility index (Phi) is 3.13. The molecule has 3 amide bonds. The quantitative estimate of drug-likeness (QED) is 0.819. The third-order valence-corrected chi connectivity index (χ3v) is 5.02. The molecule has 1 saturated carbocycles. The monoisotopic (exact) mass is 309 g/mol.